The van der Waals surface area contributed by atoms with Crippen LogP contribution in [0.5, 0.6) is 5.75 Å². The molecule has 11 nitrogen and oxygen atoms in total. The molecule has 1 atom stereocenters. The molecule has 3 heterocycles. The number of nitrogens with zero attached hydrogens (tertiary/aromatic N) is 5. The quantitative estimate of drug-likeness (QED) is 0.586. The van der Waals surface area contributed by atoms with Gasteiger partial charge in [-0.1, -0.05) is 0 Å². The lowest BCUT2D eigenvalue weighted by atomic mass is 10.1. The fourth-order valence-electron chi connectivity index (χ4n) is 3.83. The normalized spacial score (nSPS) is 20.1. The average Bonchev–Trinajstić information content (AvgIpc) is 2.73. The van der Waals surface area contributed by atoms with Crippen LogP contribution in [0.4, 0.5) is 10.7 Å². The smallest absolute Gasteiger partial charge is 0.407 e. The van der Waals surface area contributed by atoms with E-state index in [1.54, 1.807) is 12.4 Å². The Bertz CT molecular complexity index is 817. The fraction of sp³-hybridized carbons (Fsp3) is 0.667. The molecular formula is C21H32N6O5. The Labute approximate surface area is 187 Å². The molecule has 0 aromatic carbocycles. The largest absolute Gasteiger partial charge is 0.477 e. The average molecular weight is 449 g/mol. The Balaban J connectivity index is 1.42. The van der Waals surface area contributed by atoms with Crippen molar-refractivity contribution in [2.45, 2.75) is 51.7 Å². The maximum absolute atomic E-state index is 11.8. The number of carbonyl (C=O) groups excluding carboxylic acids is 2. The molecule has 3 rings (SSSR count). The van der Waals surface area contributed by atoms with Crippen LogP contribution in [0.2, 0.25) is 0 Å². The van der Waals surface area contributed by atoms with Gasteiger partial charge in [0.15, 0.2) is 11.9 Å². The molecule has 1 unspecified atom stereocenters. The number of rotatable bonds is 7. The zero-order chi connectivity index (χ0) is 23.3. The number of carbonyl (C=O) groups is 3. The van der Waals surface area contributed by atoms with Crippen LogP contribution in [0.1, 0.15) is 40.0 Å². The van der Waals surface area contributed by atoms with Crippen LogP contribution in [0.15, 0.2) is 12.4 Å². The van der Waals surface area contributed by atoms with Crippen LogP contribution < -0.4 is 15.0 Å². The molecule has 0 spiro atoms. The monoisotopic (exact) mass is 448 g/mol. The molecule has 0 aliphatic carbocycles. The fourth-order valence-corrected chi connectivity index (χ4v) is 3.83. The third-order valence-corrected chi connectivity index (χ3v) is 5.63. The molecule has 2 saturated heterocycles. The minimum absolute atomic E-state index is 0.254. The highest BCUT2D eigenvalue weighted by atomic mass is 16.5. The van der Waals surface area contributed by atoms with Crippen molar-refractivity contribution in [3.8, 4) is 5.75 Å². The molecule has 2 aliphatic heterocycles. The van der Waals surface area contributed by atoms with E-state index in [1.165, 1.54) is 4.90 Å². The lowest BCUT2D eigenvalue weighted by Gasteiger charge is -2.36. The number of ether oxygens (including phenoxy) is 1. The first kappa shape index (κ1) is 23.7. The van der Waals surface area contributed by atoms with E-state index >= 15 is 0 Å². The van der Waals surface area contributed by atoms with Gasteiger partial charge in [0.1, 0.15) is 0 Å². The summed E-state index contributed by atoms with van der Waals surface area (Å²) in [7, 11) is 0. The van der Waals surface area contributed by atoms with E-state index in [0.29, 0.717) is 24.7 Å². The molecule has 0 bridgehead atoms. The van der Waals surface area contributed by atoms with Crippen molar-refractivity contribution in [3.05, 3.63) is 12.4 Å². The summed E-state index contributed by atoms with van der Waals surface area (Å²) in [4.78, 5) is 49.1. The van der Waals surface area contributed by atoms with Gasteiger partial charge in [-0.05, 0) is 33.7 Å². The summed E-state index contributed by atoms with van der Waals surface area (Å²) in [5, 5.41) is 11.7. The molecule has 2 N–H and O–H groups in total. The topological polar surface area (TPSA) is 128 Å². The number of nitrogens with one attached hydrogen (secondary N) is 1. The van der Waals surface area contributed by atoms with E-state index in [4.69, 9.17) is 4.74 Å². The van der Waals surface area contributed by atoms with Crippen molar-refractivity contribution in [1.82, 2.24) is 25.1 Å². The number of piperazine rings is 1. The second-order valence-corrected chi connectivity index (χ2v) is 9.06. The van der Waals surface area contributed by atoms with E-state index in [-0.39, 0.29) is 12.3 Å². The van der Waals surface area contributed by atoms with E-state index in [2.05, 4.69) is 25.1 Å². The number of hydrogen-bond acceptors (Lipinski definition) is 8. The molecule has 0 radical (unpaired) electrons. The third-order valence-electron chi connectivity index (χ3n) is 5.63. The molecule has 32 heavy (non-hydrogen) atoms. The van der Waals surface area contributed by atoms with E-state index < -0.39 is 23.6 Å². The number of piperidine rings is 1. The van der Waals surface area contributed by atoms with Gasteiger partial charge in [0.25, 0.3) is 5.91 Å². The summed E-state index contributed by atoms with van der Waals surface area (Å²) < 4.78 is 5.62. The van der Waals surface area contributed by atoms with Crippen LogP contribution in [-0.2, 0) is 9.59 Å². The standard InChI is InChI=1S/C21H32N6O5/c1-21(2,3)27(20(30)31)8-4-7-25-9-11-26(12-10-25)19-22-13-15(14-23-19)32-16-5-6-17(28)24-18(16)29/h13-14,16H,4-12H2,1-3H3,(H,30,31)(H,24,28,29). The third kappa shape index (κ3) is 6.28. The summed E-state index contributed by atoms with van der Waals surface area (Å²) in [5.74, 6) is 0.276. The van der Waals surface area contributed by atoms with Crippen LogP contribution in [0, 0.1) is 0 Å². The molecule has 3 amide bonds. The SMILES string of the molecule is CC(C)(C)N(CCCN1CCN(c2ncc(OC3CCC(=O)NC3=O)cn2)CC1)C(=O)O. The predicted octanol–water partition coefficient (Wildman–Crippen LogP) is 0.951. The maximum Gasteiger partial charge on any atom is 0.407 e. The molecule has 2 fully saturated rings. The Kier molecular flexibility index (Phi) is 7.49. The highest BCUT2D eigenvalue weighted by Crippen LogP contribution is 2.18. The van der Waals surface area contributed by atoms with Gasteiger partial charge in [-0.25, -0.2) is 14.8 Å². The highest BCUT2D eigenvalue weighted by Gasteiger charge is 2.29. The first-order valence-corrected chi connectivity index (χ1v) is 10.9. The molecule has 1 aromatic rings. The zero-order valence-electron chi connectivity index (χ0n) is 18.9. The zero-order valence-corrected chi connectivity index (χ0v) is 18.9. The van der Waals surface area contributed by atoms with E-state index in [9.17, 15) is 19.5 Å². The van der Waals surface area contributed by atoms with Crippen molar-refractivity contribution in [2.75, 3.05) is 44.2 Å². The highest BCUT2D eigenvalue weighted by molar-refractivity contribution is 5.99. The van der Waals surface area contributed by atoms with Crippen molar-refractivity contribution in [3.63, 3.8) is 0 Å². The van der Waals surface area contributed by atoms with Gasteiger partial charge in [-0.2, -0.15) is 0 Å². The molecule has 11 heteroatoms. The number of aromatic nitrogens is 2. The maximum atomic E-state index is 11.8. The summed E-state index contributed by atoms with van der Waals surface area (Å²) in [6.45, 7) is 10.3. The van der Waals surface area contributed by atoms with Gasteiger partial charge >= 0.3 is 6.09 Å². The number of amides is 3. The lowest BCUT2D eigenvalue weighted by Crippen LogP contribution is -2.49. The van der Waals surface area contributed by atoms with Crippen molar-refractivity contribution in [2.24, 2.45) is 0 Å². The molecular weight excluding hydrogens is 416 g/mol. The number of carboxylic acid groups (broad SMARTS) is 1. The molecule has 2 aliphatic rings. The van der Waals surface area contributed by atoms with Crippen molar-refractivity contribution >= 4 is 23.9 Å². The van der Waals surface area contributed by atoms with Gasteiger partial charge in [-0.15, -0.1) is 0 Å². The number of imide groups is 1. The van der Waals surface area contributed by atoms with Gasteiger partial charge in [-0.3, -0.25) is 19.8 Å². The van der Waals surface area contributed by atoms with Gasteiger partial charge in [0.05, 0.1) is 12.4 Å². The summed E-state index contributed by atoms with van der Waals surface area (Å²) >= 11 is 0. The number of anilines is 1. The van der Waals surface area contributed by atoms with Crippen LogP contribution in [-0.4, -0.2) is 93.7 Å². The minimum Gasteiger partial charge on any atom is -0.477 e. The van der Waals surface area contributed by atoms with E-state index in [0.717, 1.165) is 39.1 Å². The molecule has 176 valence electrons. The Morgan fingerprint density at radius 1 is 1.22 bits per heavy atom. The molecule has 0 saturated carbocycles. The van der Waals surface area contributed by atoms with Crippen LogP contribution in [0.3, 0.4) is 0 Å². The van der Waals surface area contributed by atoms with Gasteiger partial charge in [0, 0.05) is 51.1 Å². The van der Waals surface area contributed by atoms with Crippen molar-refractivity contribution in [1.29, 1.82) is 0 Å². The Hall–Kier alpha value is -2.95. The van der Waals surface area contributed by atoms with Crippen molar-refractivity contribution < 1.29 is 24.2 Å². The van der Waals surface area contributed by atoms with Gasteiger partial charge in [0.2, 0.25) is 11.9 Å². The summed E-state index contributed by atoms with van der Waals surface area (Å²) in [5.41, 5.74) is -0.407. The minimum atomic E-state index is -0.885. The lowest BCUT2D eigenvalue weighted by molar-refractivity contribution is -0.138. The Morgan fingerprint density at radius 3 is 2.44 bits per heavy atom. The van der Waals surface area contributed by atoms with Gasteiger partial charge < -0.3 is 19.6 Å². The summed E-state index contributed by atoms with van der Waals surface area (Å²) in [6, 6.07) is 0. The second kappa shape index (κ2) is 10.1. The van der Waals surface area contributed by atoms with E-state index in [1.807, 2.05) is 20.8 Å². The van der Waals surface area contributed by atoms with Crippen LogP contribution in [0.25, 0.3) is 0 Å². The molecule has 1 aromatic heterocycles. The first-order chi connectivity index (χ1) is 15.1. The first-order valence-electron chi connectivity index (χ1n) is 10.9. The van der Waals surface area contributed by atoms with Crippen LogP contribution >= 0.6 is 0 Å². The Morgan fingerprint density at radius 2 is 1.88 bits per heavy atom. The predicted molar refractivity (Wildman–Crippen MR) is 117 cm³/mol. The summed E-state index contributed by atoms with van der Waals surface area (Å²) in [6.07, 6.45) is 2.88. The number of hydrogen-bond donors (Lipinski definition) is 2. The second-order valence-electron chi connectivity index (χ2n) is 9.06.